The molecule has 1 aromatic heterocycles. The first-order valence-corrected chi connectivity index (χ1v) is 8.74. The number of aromatic nitrogens is 1. The van der Waals surface area contributed by atoms with Crippen LogP contribution in [0.2, 0.25) is 0 Å². The largest absolute Gasteiger partial charge is 0.351 e. The number of nitrogens with one attached hydrogen (secondary N) is 1. The summed E-state index contributed by atoms with van der Waals surface area (Å²) in [4.78, 5) is 20.9. The van der Waals surface area contributed by atoms with Crippen molar-refractivity contribution in [2.45, 2.75) is 20.3 Å². The molecule has 0 aliphatic heterocycles. The van der Waals surface area contributed by atoms with Crippen LogP contribution in [0.5, 0.6) is 0 Å². The Morgan fingerprint density at radius 2 is 1.92 bits per heavy atom. The summed E-state index contributed by atoms with van der Waals surface area (Å²) in [5.41, 5.74) is 3.75. The molecule has 0 atom stereocenters. The number of benzene rings is 1. The number of rotatable bonds is 8. The van der Waals surface area contributed by atoms with Gasteiger partial charge in [-0.1, -0.05) is 12.1 Å². The normalized spacial score (nSPS) is 10.8. The summed E-state index contributed by atoms with van der Waals surface area (Å²) in [5.74, 6) is -0.124. The lowest BCUT2D eigenvalue weighted by molar-refractivity contribution is 0.0947. The standard InChI is InChI=1S/C20H28N4O/c1-5-24(17-9-6-8-16(2)14-17)18-10-12-21-19(15-18)20(25)22-11-7-13-23(3)4/h6,8-10,12,14-15H,5,7,11,13H2,1-4H3,(H,22,25). The van der Waals surface area contributed by atoms with Crippen molar-refractivity contribution in [2.24, 2.45) is 0 Å². The summed E-state index contributed by atoms with van der Waals surface area (Å²) >= 11 is 0. The summed E-state index contributed by atoms with van der Waals surface area (Å²) < 4.78 is 0. The van der Waals surface area contributed by atoms with E-state index >= 15 is 0 Å². The Morgan fingerprint density at radius 1 is 1.16 bits per heavy atom. The molecular weight excluding hydrogens is 312 g/mol. The van der Waals surface area contributed by atoms with Crippen LogP contribution < -0.4 is 10.2 Å². The predicted octanol–water partition coefficient (Wildman–Crippen LogP) is 3.23. The Bertz CT molecular complexity index is 700. The molecule has 0 fully saturated rings. The first-order chi connectivity index (χ1) is 12.0. The van der Waals surface area contributed by atoms with Gasteiger partial charge in [0.05, 0.1) is 0 Å². The van der Waals surface area contributed by atoms with Crippen molar-refractivity contribution in [1.29, 1.82) is 0 Å². The molecule has 0 spiro atoms. The van der Waals surface area contributed by atoms with E-state index in [1.54, 1.807) is 6.20 Å². The molecule has 5 heteroatoms. The molecule has 0 aliphatic rings. The number of pyridine rings is 1. The van der Waals surface area contributed by atoms with Crippen molar-refractivity contribution in [2.75, 3.05) is 38.6 Å². The molecule has 1 heterocycles. The van der Waals surface area contributed by atoms with Gasteiger partial charge in [-0.2, -0.15) is 0 Å². The van der Waals surface area contributed by atoms with Gasteiger partial charge in [0.25, 0.3) is 5.91 Å². The highest BCUT2D eigenvalue weighted by Crippen LogP contribution is 2.25. The summed E-state index contributed by atoms with van der Waals surface area (Å²) in [6.07, 6.45) is 2.62. The van der Waals surface area contributed by atoms with E-state index in [1.165, 1.54) is 5.56 Å². The van der Waals surface area contributed by atoms with Crippen molar-refractivity contribution in [1.82, 2.24) is 15.2 Å². The lowest BCUT2D eigenvalue weighted by atomic mass is 10.2. The molecule has 0 saturated heterocycles. The summed E-state index contributed by atoms with van der Waals surface area (Å²) in [6, 6.07) is 12.1. The van der Waals surface area contributed by atoms with Crippen molar-refractivity contribution in [3.8, 4) is 0 Å². The van der Waals surface area contributed by atoms with Crippen LogP contribution in [-0.2, 0) is 0 Å². The lowest BCUT2D eigenvalue weighted by Gasteiger charge is -2.24. The van der Waals surface area contributed by atoms with Gasteiger partial charge in [0.1, 0.15) is 5.69 Å². The molecule has 1 amide bonds. The molecule has 25 heavy (non-hydrogen) atoms. The van der Waals surface area contributed by atoms with E-state index in [0.717, 1.165) is 30.9 Å². The number of anilines is 2. The zero-order valence-corrected chi connectivity index (χ0v) is 15.6. The zero-order valence-electron chi connectivity index (χ0n) is 15.6. The smallest absolute Gasteiger partial charge is 0.269 e. The lowest BCUT2D eigenvalue weighted by Crippen LogP contribution is -2.28. The summed E-state index contributed by atoms with van der Waals surface area (Å²) in [6.45, 7) is 6.60. The molecule has 2 aromatic rings. The van der Waals surface area contributed by atoms with E-state index in [1.807, 2.05) is 32.3 Å². The van der Waals surface area contributed by atoms with Crippen molar-refractivity contribution >= 4 is 17.3 Å². The maximum absolute atomic E-state index is 12.3. The van der Waals surface area contributed by atoms with Gasteiger partial charge in [0, 0.05) is 30.7 Å². The number of aryl methyl sites for hydroxylation is 1. The second-order valence-corrected chi connectivity index (χ2v) is 6.40. The van der Waals surface area contributed by atoms with Crippen molar-refractivity contribution < 1.29 is 4.79 Å². The van der Waals surface area contributed by atoms with Crippen LogP contribution in [0.15, 0.2) is 42.6 Å². The SMILES string of the molecule is CCN(c1cccc(C)c1)c1ccnc(C(=O)NCCCN(C)C)c1. The number of hydrogen-bond donors (Lipinski definition) is 1. The fourth-order valence-corrected chi connectivity index (χ4v) is 2.71. The molecule has 2 rings (SSSR count). The predicted molar refractivity (Wildman–Crippen MR) is 104 cm³/mol. The second-order valence-electron chi connectivity index (χ2n) is 6.40. The topological polar surface area (TPSA) is 48.5 Å². The number of nitrogens with zero attached hydrogens (tertiary/aromatic N) is 3. The van der Waals surface area contributed by atoms with Crippen LogP contribution >= 0.6 is 0 Å². The highest BCUT2D eigenvalue weighted by molar-refractivity contribution is 5.93. The highest BCUT2D eigenvalue weighted by atomic mass is 16.1. The van der Waals surface area contributed by atoms with E-state index in [2.05, 4.69) is 52.1 Å². The van der Waals surface area contributed by atoms with E-state index in [9.17, 15) is 4.79 Å². The highest BCUT2D eigenvalue weighted by Gasteiger charge is 2.12. The zero-order chi connectivity index (χ0) is 18.2. The van der Waals surface area contributed by atoms with Gasteiger partial charge < -0.3 is 15.1 Å². The first-order valence-electron chi connectivity index (χ1n) is 8.74. The van der Waals surface area contributed by atoms with E-state index < -0.39 is 0 Å². The minimum absolute atomic E-state index is 0.124. The minimum atomic E-state index is -0.124. The molecule has 0 saturated carbocycles. The monoisotopic (exact) mass is 340 g/mol. The van der Waals surface area contributed by atoms with Crippen LogP contribution in [0.1, 0.15) is 29.4 Å². The molecule has 0 bridgehead atoms. The van der Waals surface area contributed by atoms with E-state index in [0.29, 0.717) is 12.2 Å². The van der Waals surface area contributed by atoms with E-state index in [4.69, 9.17) is 0 Å². The van der Waals surface area contributed by atoms with Gasteiger partial charge in [0.2, 0.25) is 0 Å². The van der Waals surface area contributed by atoms with Gasteiger partial charge in [0.15, 0.2) is 0 Å². The first kappa shape index (κ1) is 18.9. The van der Waals surface area contributed by atoms with Gasteiger partial charge in [-0.15, -0.1) is 0 Å². The molecule has 0 unspecified atom stereocenters. The molecule has 134 valence electrons. The Balaban J connectivity index is 2.10. The molecule has 0 aliphatic carbocycles. The molecular formula is C20H28N4O. The third-order valence-electron chi connectivity index (χ3n) is 3.99. The Labute approximate surface area is 150 Å². The number of carbonyl (C=O) groups excluding carboxylic acids is 1. The average molecular weight is 340 g/mol. The van der Waals surface area contributed by atoms with Crippen LogP contribution in [0.3, 0.4) is 0 Å². The van der Waals surface area contributed by atoms with E-state index in [-0.39, 0.29) is 5.91 Å². The van der Waals surface area contributed by atoms with Gasteiger partial charge in [-0.3, -0.25) is 9.78 Å². The fourth-order valence-electron chi connectivity index (χ4n) is 2.71. The van der Waals surface area contributed by atoms with Gasteiger partial charge in [-0.05, 0) is 70.7 Å². The van der Waals surface area contributed by atoms with Crippen LogP contribution in [-0.4, -0.2) is 49.5 Å². The van der Waals surface area contributed by atoms with Crippen LogP contribution in [0, 0.1) is 6.92 Å². The number of amides is 1. The summed E-state index contributed by atoms with van der Waals surface area (Å²) in [7, 11) is 4.05. The number of hydrogen-bond acceptors (Lipinski definition) is 4. The number of carbonyl (C=O) groups is 1. The second kappa shape index (κ2) is 9.18. The molecule has 5 nitrogen and oxygen atoms in total. The molecule has 1 aromatic carbocycles. The quantitative estimate of drug-likeness (QED) is 0.750. The van der Waals surface area contributed by atoms with Crippen molar-refractivity contribution in [3.05, 3.63) is 53.9 Å². The Morgan fingerprint density at radius 3 is 2.60 bits per heavy atom. The Kier molecular flexibility index (Phi) is 6.95. The fraction of sp³-hybridized carbons (Fsp3) is 0.400. The Hall–Kier alpha value is -2.40. The maximum atomic E-state index is 12.3. The van der Waals surface area contributed by atoms with Crippen LogP contribution in [0.4, 0.5) is 11.4 Å². The third-order valence-corrected chi connectivity index (χ3v) is 3.99. The minimum Gasteiger partial charge on any atom is -0.351 e. The van der Waals surface area contributed by atoms with Crippen LogP contribution in [0.25, 0.3) is 0 Å². The van der Waals surface area contributed by atoms with Gasteiger partial charge >= 0.3 is 0 Å². The van der Waals surface area contributed by atoms with Crippen molar-refractivity contribution in [3.63, 3.8) is 0 Å². The summed E-state index contributed by atoms with van der Waals surface area (Å²) in [5, 5.41) is 2.94. The average Bonchev–Trinajstić information content (AvgIpc) is 2.59. The molecule has 1 N–H and O–H groups in total. The third kappa shape index (κ3) is 5.57. The van der Waals surface area contributed by atoms with Gasteiger partial charge in [-0.25, -0.2) is 0 Å². The maximum Gasteiger partial charge on any atom is 0.269 e. The molecule has 0 radical (unpaired) electrons.